The summed E-state index contributed by atoms with van der Waals surface area (Å²) in [6.07, 6.45) is -3.92. The van der Waals surface area contributed by atoms with Gasteiger partial charge in [-0.05, 0) is 31.7 Å². The van der Waals surface area contributed by atoms with Crippen molar-refractivity contribution in [2.75, 3.05) is 20.1 Å². The number of likely N-dealkylation sites (N-methyl/N-ethyl adjacent to an activating group) is 1. The number of carbonyl (C=O) groups excluding carboxylic acids is 1. The third kappa shape index (κ3) is 3.63. The number of amides is 1. The van der Waals surface area contributed by atoms with Gasteiger partial charge >= 0.3 is 6.36 Å². The van der Waals surface area contributed by atoms with Gasteiger partial charge in [0.1, 0.15) is 5.75 Å². The summed E-state index contributed by atoms with van der Waals surface area (Å²) in [7, 11) is 1.82. The van der Waals surface area contributed by atoms with Gasteiger partial charge in [0.25, 0.3) is 5.91 Å². The van der Waals surface area contributed by atoms with Crippen LogP contribution in [0.3, 0.4) is 0 Å². The average Bonchev–Trinajstić information content (AvgIpc) is 2.85. The Balaban J connectivity index is 2.09. The summed E-state index contributed by atoms with van der Waals surface area (Å²) >= 11 is 0. The largest absolute Gasteiger partial charge is 0.573 e. The van der Waals surface area contributed by atoms with Crippen LogP contribution in [-0.4, -0.2) is 43.3 Å². The van der Waals surface area contributed by atoms with Crippen LogP contribution in [0.15, 0.2) is 24.3 Å². The fraction of sp³-hybridized carbons (Fsp3) is 0.462. The Morgan fingerprint density at radius 3 is 2.80 bits per heavy atom. The number of likely N-dealkylation sites (tertiary alicyclic amines) is 1. The number of ether oxygens (including phenoxy) is 1. The van der Waals surface area contributed by atoms with Crippen molar-refractivity contribution in [2.24, 2.45) is 0 Å². The Morgan fingerprint density at radius 2 is 2.20 bits per heavy atom. The summed E-state index contributed by atoms with van der Waals surface area (Å²) < 4.78 is 40.3. The van der Waals surface area contributed by atoms with Crippen molar-refractivity contribution in [1.82, 2.24) is 10.2 Å². The molecule has 110 valence electrons. The molecule has 1 aromatic rings. The molecule has 1 heterocycles. The molecule has 0 spiro atoms. The number of nitrogens with zero attached hydrogens (tertiary/aromatic N) is 1. The van der Waals surface area contributed by atoms with Crippen LogP contribution >= 0.6 is 0 Å². The van der Waals surface area contributed by atoms with E-state index in [1.807, 2.05) is 7.05 Å². The number of alkyl halides is 3. The van der Waals surface area contributed by atoms with E-state index < -0.39 is 6.36 Å². The van der Waals surface area contributed by atoms with Gasteiger partial charge in [-0.2, -0.15) is 0 Å². The lowest BCUT2D eigenvalue weighted by molar-refractivity contribution is -0.274. The van der Waals surface area contributed by atoms with Crippen molar-refractivity contribution >= 4 is 5.91 Å². The molecule has 1 unspecified atom stereocenters. The molecule has 1 aliphatic heterocycles. The highest BCUT2D eigenvalue weighted by Crippen LogP contribution is 2.24. The smallest absolute Gasteiger partial charge is 0.406 e. The molecule has 1 aromatic carbocycles. The highest BCUT2D eigenvalue weighted by atomic mass is 19.4. The maximum atomic E-state index is 12.2. The van der Waals surface area contributed by atoms with Crippen molar-refractivity contribution < 1.29 is 22.7 Å². The third-order valence-electron chi connectivity index (χ3n) is 3.20. The Bertz CT molecular complexity index is 491. The van der Waals surface area contributed by atoms with Gasteiger partial charge in [0.15, 0.2) is 0 Å². The Labute approximate surface area is 114 Å². The summed E-state index contributed by atoms with van der Waals surface area (Å²) in [5.74, 6) is -0.664. The molecule has 2 rings (SSSR count). The summed E-state index contributed by atoms with van der Waals surface area (Å²) in [4.78, 5) is 13.8. The van der Waals surface area contributed by atoms with Gasteiger partial charge in [-0.25, -0.2) is 0 Å². The molecular formula is C13H15F3N2O2. The standard InChI is InChI=1S/C13H15F3N2O2/c1-17-10-5-6-18(8-10)12(19)9-3-2-4-11(7-9)20-13(14,15)16/h2-4,7,10,17H,5-6,8H2,1H3. The number of carbonyl (C=O) groups is 1. The van der Waals surface area contributed by atoms with Crippen LogP contribution in [0.1, 0.15) is 16.8 Å². The van der Waals surface area contributed by atoms with Crippen molar-refractivity contribution in [3.05, 3.63) is 29.8 Å². The van der Waals surface area contributed by atoms with Crippen molar-refractivity contribution in [1.29, 1.82) is 0 Å². The van der Waals surface area contributed by atoms with Crippen LogP contribution in [0.5, 0.6) is 5.75 Å². The predicted molar refractivity (Wildman–Crippen MR) is 66.5 cm³/mol. The molecule has 1 amide bonds. The molecule has 4 nitrogen and oxygen atoms in total. The second-order valence-corrected chi connectivity index (χ2v) is 4.60. The van der Waals surface area contributed by atoms with Crippen molar-refractivity contribution in [3.63, 3.8) is 0 Å². The second-order valence-electron chi connectivity index (χ2n) is 4.60. The molecule has 0 radical (unpaired) electrons. The number of rotatable bonds is 3. The molecule has 0 bridgehead atoms. The van der Waals surface area contributed by atoms with Gasteiger partial charge in [0.2, 0.25) is 0 Å². The van der Waals surface area contributed by atoms with E-state index in [1.165, 1.54) is 18.2 Å². The van der Waals surface area contributed by atoms with Gasteiger partial charge in [0.05, 0.1) is 0 Å². The van der Waals surface area contributed by atoms with Gasteiger partial charge in [-0.15, -0.1) is 13.2 Å². The fourth-order valence-electron chi connectivity index (χ4n) is 2.19. The topological polar surface area (TPSA) is 41.6 Å². The van der Waals surface area contributed by atoms with Crippen molar-refractivity contribution in [3.8, 4) is 5.75 Å². The van der Waals surface area contributed by atoms with Gasteiger partial charge in [0, 0.05) is 24.7 Å². The first-order chi connectivity index (χ1) is 9.39. The minimum Gasteiger partial charge on any atom is -0.406 e. The van der Waals surface area contributed by atoms with E-state index in [0.29, 0.717) is 13.1 Å². The van der Waals surface area contributed by atoms with E-state index in [2.05, 4.69) is 10.1 Å². The van der Waals surface area contributed by atoms with Gasteiger partial charge in [-0.1, -0.05) is 6.07 Å². The van der Waals surface area contributed by atoms with E-state index in [0.717, 1.165) is 12.5 Å². The maximum absolute atomic E-state index is 12.2. The van der Waals surface area contributed by atoms with E-state index in [1.54, 1.807) is 4.90 Å². The van der Waals surface area contributed by atoms with Crippen LogP contribution in [0, 0.1) is 0 Å². The number of hydrogen-bond acceptors (Lipinski definition) is 3. The normalized spacial score (nSPS) is 19.2. The minimum atomic E-state index is -4.76. The van der Waals surface area contributed by atoms with E-state index in [4.69, 9.17) is 0 Å². The molecule has 1 fully saturated rings. The van der Waals surface area contributed by atoms with Crippen LogP contribution in [0.2, 0.25) is 0 Å². The highest BCUT2D eigenvalue weighted by Gasteiger charge is 2.31. The number of benzene rings is 1. The van der Waals surface area contributed by atoms with Crippen LogP contribution in [0.4, 0.5) is 13.2 Å². The lowest BCUT2D eigenvalue weighted by Gasteiger charge is -2.17. The molecule has 7 heteroatoms. The second kappa shape index (κ2) is 5.70. The van der Waals surface area contributed by atoms with E-state index in [-0.39, 0.29) is 23.3 Å². The van der Waals surface area contributed by atoms with Crippen LogP contribution in [-0.2, 0) is 0 Å². The first-order valence-electron chi connectivity index (χ1n) is 6.21. The highest BCUT2D eigenvalue weighted by molar-refractivity contribution is 5.94. The van der Waals surface area contributed by atoms with Gasteiger partial charge in [-0.3, -0.25) is 4.79 Å². The lowest BCUT2D eigenvalue weighted by Crippen LogP contribution is -2.33. The Kier molecular flexibility index (Phi) is 4.17. The van der Waals surface area contributed by atoms with Crippen LogP contribution < -0.4 is 10.1 Å². The zero-order valence-electron chi connectivity index (χ0n) is 10.9. The Morgan fingerprint density at radius 1 is 1.45 bits per heavy atom. The molecule has 1 N–H and O–H groups in total. The minimum absolute atomic E-state index is 0.198. The summed E-state index contributed by atoms with van der Waals surface area (Å²) in [5, 5.41) is 3.08. The third-order valence-corrected chi connectivity index (χ3v) is 3.20. The maximum Gasteiger partial charge on any atom is 0.573 e. The lowest BCUT2D eigenvalue weighted by atomic mass is 10.2. The molecule has 0 saturated carbocycles. The molecule has 20 heavy (non-hydrogen) atoms. The monoisotopic (exact) mass is 288 g/mol. The summed E-state index contributed by atoms with van der Waals surface area (Å²) in [6, 6.07) is 5.37. The molecular weight excluding hydrogens is 273 g/mol. The number of nitrogens with one attached hydrogen (secondary N) is 1. The van der Waals surface area contributed by atoms with Crippen LogP contribution in [0.25, 0.3) is 0 Å². The predicted octanol–water partition coefficient (Wildman–Crippen LogP) is 2.02. The van der Waals surface area contributed by atoms with Crippen molar-refractivity contribution in [2.45, 2.75) is 18.8 Å². The van der Waals surface area contributed by atoms with E-state index >= 15 is 0 Å². The first-order valence-corrected chi connectivity index (χ1v) is 6.21. The number of hydrogen-bond donors (Lipinski definition) is 1. The molecule has 1 saturated heterocycles. The quantitative estimate of drug-likeness (QED) is 0.925. The molecule has 1 aliphatic rings. The Hall–Kier alpha value is -1.76. The molecule has 0 aliphatic carbocycles. The SMILES string of the molecule is CNC1CCN(C(=O)c2cccc(OC(F)(F)F)c2)C1. The van der Waals surface area contributed by atoms with E-state index in [9.17, 15) is 18.0 Å². The molecule has 0 aromatic heterocycles. The summed E-state index contributed by atoms with van der Waals surface area (Å²) in [6.45, 7) is 1.15. The average molecular weight is 288 g/mol. The summed E-state index contributed by atoms with van der Waals surface area (Å²) in [5.41, 5.74) is 0.198. The first kappa shape index (κ1) is 14.6. The van der Waals surface area contributed by atoms with Gasteiger partial charge < -0.3 is 15.0 Å². The molecule has 1 atom stereocenters. The zero-order chi connectivity index (χ0) is 14.8. The zero-order valence-corrected chi connectivity index (χ0v) is 10.9. The fourth-order valence-corrected chi connectivity index (χ4v) is 2.19. The number of halogens is 3.